The van der Waals surface area contributed by atoms with Gasteiger partial charge in [0.2, 0.25) is 0 Å². The van der Waals surface area contributed by atoms with Crippen molar-refractivity contribution in [3.8, 4) is 0 Å². The molecule has 1 aliphatic heterocycles. The molecule has 0 aromatic heterocycles. The van der Waals surface area contributed by atoms with E-state index in [4.69, 9.17) is 9.31 Å². The van der Waals surface area contributed by atoms with Crippen LogP contribution in [0.4, 0.5) is 0 Å². The molecular formula is C19H26BNO3. The van der Waals surface area contributed by atoms with Gasteiger partial charge in [0.1, 0.15) is 0 Å². The summed E-state index contributed by atoms with van der Waals surface area (Å²) < 4.78 is 12.3. The van der Waals surface area contributed by atoms with Crippen molar-refractivity contribution in [1.29, 1.82) is 0 Å². The van der Waals surface area contributed by atoms with Gasteiger partial charge in [0.05, 0.1) is 11.2 Å². The van der Waals surface area contributed by atoms with Gasteiger partial charge in [-0.2, -0.15) is 0 Å². The third-order valence-corrected chi connectivity index (χ3v) is 5.33. The number of amides is 1. The zero-order chi connectivity index (χ0) is 17.4. The van der Waals surface area contributed by atoms with Gasteiger partial charge in [0.15, 0.2) is 0 Å². The Balaban J connectivity index is 1.63. The van der Waals surface area contributed by atoms with Crippen molar-refractivity contribution in [1.82, 2.24) is 5.32 Å². The standard InChI is InChI=1S/C19H26BNO3/c1-18(2)19(3,4)24-20(23-18)15-11-8-12-16(13-15)21-17(22)14-9-6-5-7-10-14/h5-7,9-11,16H,8,12-13H2,1-4H3,(H,21,22). The monoisotopic (exact) mass is 327 g/mol. The first kappa shape index (κ1) is 17.2. The van der Waals surface area contributed by atoms with Crippen molar-refractivity contribution < 1.29 is 14.1 Å². The molecule has 2 aliphatic rings. The first-order chi connectivity index (χ1) is 11.3. The van der Waals surface area contributed by atoms with Crippen molar-refractivity contribution in [2.75, 3.05) is 0 Å². The first-order valence-electron chi connectivity index (χ1n) is 8.69. The Bertz CT molecular complexity index is 623. The zero-order valence-corrected chi connectivity index (χ0v) is 15.0. The highest BCUT2D eigenvalue weighted by Crippen LogP contribution is 2.40. The van der Waals surface area contributed by atoms with Crippen LogP contribution in [0.1, 0.15) is 57.3 Å². The fraction of sp³-hybridized carbons (Fsp3) is 0.526. The van der Waals surface area contributed by atoms with E-state index in [-0.39, 0.29) is 30.3 Å². The van der Waals surface area contributed by atoms with Gasteiger partial charge in [-0.3, -0.25) is 4.79 Å². The lowest BCUT2D eigenvalue weighted by atomic mass is 9.71. The number of nitrogens with one attached hydrogen (secondary N) is 1. The quantitative estimate of drug-likeness (QED) is 0.864. The predicted molar refractivity (Wildman–Crippen MR) is 95.7 cm³/mol. The topological polar surface area (TPSA) is 47.6 Å². The van der Waals surface area contributed by atoms with E-state index >= 15 is 0 Å². The molecule has 1 N–H and O–H groups in total. The molecule has 1 aromatic carbocycles. The Kier molecular flexibility index (Phi) is 4.58. The maximum atomic E-state index is 12.4. The molecule has 0 saturated carbocycles. The number of carbonyl (C=O) groups excluding carboxylic acids is 1. The highest BCUT2D eigenvalue weighted by Gasteiger charge is 2.52. The van der Waals surface area contributed by atoms with Crippen LogP contribution >= 0.6 is 0 Å². The molecule has 128 valence electrons. The molecule has 0 spiro atoms. The van der Waals surface area contributed by atoms with Gasteiger partial charge in [0, 0.05) is 11.6 Å². The van der Waals surface area contributed by atoms with Crippen LogP contribution in [0.5, 0.6) is 0 Å². The van der Waals surface area contributed by atoms with Crippen molar-refractivity contribution in [2.24, 2.45) is 0 Å². The average molecular weight is 327 g/mol. The van der Waals surface area contributed by atoms with Gasteiger partial charge < -0.3 is 14.6 Å². The normalized spacial score (nSPS) is 25.2. The fourth-order valence-corrected chi connectivity index (χ4v) is 3.11. The molecule has 1 atom stereocenters. The van der Waals surface area contributed by atoms with E-state index in [0.29, 0.717) is 5.56 Å². The lowest BCUT2D eigenvalue weighted by Gasteiger charge is -2.32. The van der Waals surface area contributed by atoms with E-state index in [2.05, 4.69) is 39.1 Å². The van der Waals surface area contributed by atoms with E-state index in [1.807, 2.05) is 30.3 Å². The molecular weight excluding hydrogens is 301 g/mol. The summed E-state index contributed by atoms with van der Waals surface area (Å²) in [5, 5.41) is 3.14. The summed E-state index contributed by atoms with van der Waals surface area (Å²) in [6.45, 7) is 8.24. The van der Waals surface area contributed by atoms with Crippen LogP contribution in [0, 0.1) is 0 Å². The summed E-state index contributed by atoms with van der Waals surface area (Å²) in [4.78, 5) is 12.4. The number of rotatable bonds is 3. The van der Waals surface area contributed by atoms with Crippen molar-refractivity contribution >= 4 is 13.0 Å². The summed E-state index contributed by atoms with van der Waals surface area (Å²) in [6, 6.07) is 9.47. The van der Waals surface area contributed by atoms with Crippen molar-refractivity contribution in [3.63, 3.8) is 0 Å². The summed E-state index contributed by atoms with van der Waals surface area (Å²) in [6.07, 6.45) is 4.85. The lowest BCUT2D eigenvalue weighted by Crippen LogP contribution is -2.41. The lowest BCUT2D eigenvalue weighted by molar-refractivity contribution is 0.00578. The van der Waals surface area contributed by atoms with E-state index in [9.17, 15) is 4.79 Å². The Hall–Kier alpha value is -1.59. The highest BCUT2D eigenvalue weighted by molar-refractivity contribution is 6.54. The van der Waals surface area contributed by atoms with Gasteiger partial charge in [-0.05, 0) is 64.6 Å². The third kappa shape index (κ3) is 3.42. The molecule has 1 aliphatic carbocycles. The molecule has 24 heavy (non-hydrogen) atoms. The van der Waals surface area contributed by atoms with Crippen LogP contribution < -0.4 is 5.32 Å². The fourth-order valence-electron chi connectivity index (χ4n) is 3.11. The Morgan fingerprint density at radius 2 is 1.75 bits per heavy atom. The molecule has 1 heterocycles. The minimum Gasteiger partial charge on any atom is -0.400 e. The van der Waals surface area contributed by atoms with E-state index < -0.39 is 0 Å². The number of hydrogen-bond donors (Lipinski definition) is 1. The Morgan fingerprint density at radius 3 is 2.38 bits per heavy atom. The second kappa shape index (κ2) is 6.38. The summed E-state index contributed by atoms with van der Waals surface area (Å²) in [7, 11) is -0.313. The van der Waals surface area contributed by atoms with Crippen LogP contribution in [0.3, 0.4) is 0 Å². The molecule has 1 unspecified atom stereocenters. The maximum Gasteiger partial charge on any atom is 0.490 e. The average Bonchev–Trinajstić information content (AvgIpc) is 2.76. The second-order valence-corrected chi connectivity index (χ2v) is 7.69. The van der Waals surface area contributed by atoms with Gasteiger partial charge in [-0.15, -0.1) is 0 Å². The molecule has 1 fully saturated rings. The molecule has 1 saturated heterocycles. The van der Waals surface area contributed by atoms with Gasteiger partial charge >= 0.3 is 7.12 Å². The smallest absolute Gasteiger partial charge is 0.400 e. The molecule has 3 rings (SSSR count). The molecule has 1 aromatic rings. The molecule has 0 radical (unpaired) electrons. The van der Waals surface area contributed by atoms with Crippen LogP contribution in [0.2, 0.25) is 0 Å². The van der Waals surface area contributed by atoms with Crippen LogP contribution in [0.15, 0.2) is 41.9 Å². The van der Waals surface area contributed by atoms with Gasteiger partial charge in [-0.1, -0.05) is 24.3 Å². The third-order valence-electron chi connectivity index (χ3n) is 5.33. The van der Waals surface area contributed by atoms with Crippen molar-refractivity contribution in [3.05, 3.63) is 47.4 Å². The van der Waals surface area contributed by atoms with Crippen LogP contribution in [0.25, 0.3) is 0 Å². The summed E-state index contributed by atoms with van der Waals surface area (Å²) in [5.74, 6) is -0.0178. The number of benzene rings is 1. The predicted octanol–water partition coefficient (Wildman–Crippen LogP) is 3.53. The van der Waals surface area contributed by atoms with E-state index in [0.717, 1.165) is 24.7 Å². The van der Waals surface area contributed by atoms with E-state index in [1.165, 1.54) is 0 Å². The number of hydrogen-bond acceptors (Lipinski definition) is 3. The SMILES string of the molecule is CC1(C)OB(C2=CCCC(NC(=O)c3ccccc3)C2)OC1(C)C. The summed E-state index contributed by atoms with van der Waals surface area (Å²) >= 11 is 0. The minimum absolute atomic E-state index is 0.0178. The Morgan fingerprint density at radius 1 is 1.12 bits per heavy atom. The summed E-state index contributed by atoms with van der Waals surface area (Å²) in [5.41, 5.74) is 1.17. The van der Waals surface area contributed by atoms with E-state index in [1.54, 1.807) is 0 Å². The number of carbonyl (C=O) groups is 1. The van der Waals surface area contributed by atoms with Gasteiger partial charge in [-0.25, -0.2) is 0 Å². The largest absolute Gasteiger partial charge is 0.490 e. The van der Waals surface area contributed by atoms with Crippen LogP contribution in [-0.2, 0) is 9.31 Å². The molecule has 4 nitrogen and oxygen atoms in total. The second-order valence-electron chi connectivity index (χ2n) is 7.69. The molecule has 0 bridgehead atoms. The molecule has 5 heteroatoms. The van der Waals surface area contributed by atoms with Gasteiger partial charge in [0.25, 0.3) is 5.91 Å². The Labute approximate surface area is 144 Å². The number of allylic oxidation sites excluding steroid dienone is 1. The maximum absolute atomic E-state index is 12.4. The molecule has 1 amide bonds. The minimum atomic E-state index is -0.335. The highest BCUT2D eigenvalue weighted by atomic mass is 16.7. The van der Waals surface area contributed by atoms with Crippen molar-refractivity contribution in [2.45, 2.75) is 64.2 Å². The zero-order valence-electron chi connectivity index (χ0n) is 15.0. The first-order valence-corrected chi connectivity index (χ1v) is 8.69. The van der Waals surface area contributed by atoms with Crippen LogP contribution in [-0.4, -0.2) is 30.3 Å².